The maximum Gasteiger partial charge on any atom is 0.313 e. The van der Waals surface area contributed by atoms with Gasteiger partial charge in [0.1, 0.15) is 0 Å². The average Bonchev–Trinajstić information content (AvgIpc) is 3.51. The van der Waals surface area contributed by atoms with Crippen LogP contribution in [0.15, 0.2) is 66.7 Å². The molecule has 3 aromatic rings. The summed E-state index contributed by atoms with van der Waals surface area (Å²) in [5.41, 5.74) is 5.09. The van der Waals surface area contributed by atoms with E-state index in [0.717, 1.165) is 29.9 Å². The van der Waals surface area contributed by atoms with Gasteiger partial charge in [-0.25, -0.2) is 0 Å². The van der Waals surface area contributed by atoms with Gasteiger partial charge in [-0.05, 0) is 47.9 Å². The number of nitrogens with one attached hydrogen (secondary N) is 2. The number of anilines is 3. The maximum absolute atomic E-state index is 12.7. The van der Waals surface area contributed by atoms with Gasteiger partial charge in [0.2, 0.25) is 6.79 Å². The molecule has 0 radical (unpaired) electrons. The summed E-state index contributed by atoms with van der Waals surface area (Å²) in [6, 6.07) is 21.5. The van der Waals surface area contributed by atoms with Crippen molar-refractivity contribution in [2.45, 2.75) is 12.5 Å². The first-order valence-corrected chi connectivity index (χ1v) is 11.6. The molecule has 1 atom stereocenters. The van der Waals surface area contributed by atoms with Crippen LogP contribution in [0.5, 0.6) is 11.5 Å². The first-order chi connectivity index (χ1) is 17.0. The van der Waals surface area contributed by atoms with Crippen LogP contribution in [-0.2, 0) is 16.0 Å². The summed E-state index contributed by atoms with van der Waals surface area (Å²) in [5, 5.41) is 5.47. The fourth-order valence-electron chi connectivity index (χ4n) is 4.52. The van der Waals surface area contributed by atoms with Gasteiger partial charge in [0.05, 0.1) is 6.04 Å². The van der Waals surface area contributed by atoms with Crippen molar-refractivity contribution in [2.75, 3.05) is 49.1 Å². The van der Waals surface area contributed by atoms with Gasteiger partial charge in [0.25, 0.3) is 0 Å². The molecule has 180 valence electrons. The smallest absolute Gasteiger partial charge is 0.313 e. The second kappa shape index (κ2) is 9.58. The summed E-state index contributed by atoms with van der Waals surface area (Å²) < 4.78 is 10.6. The molecule has 2 heterocycles. The predicted octanol–water partition coefficient (Wildman–Crippen LogP) is 3.34. The van der Waals surface area contributed by atoms with Crippen molar-refractivity contribution in [1.29, 1.82) is 0 Å². The molecule has 2 N–H and O–H groups in total. The van der Waals surface area contributed by atoms with E-state index in [1.165, 1.54) is 5.56 Å². The summed E-state index contributed by atoms with van der Waals surface area (Å²) in [7, 11) is 4.00. The molecular formula is C27H28N4O4. The molecule has 0 bridgehead atoms. The highest BCUT2D eigenvalue weighted by Crippen LogP contribution is 2.36. The number of hydrogen-bond acceptors (Lipinski definition) is 6. The van der Waals surface area contributed by atoms with Crippen molar-refractivity contribution < 1.29 is 19.1 Å². The standard InChI is InChI=1S/C27H28N4O4/c1-30(2)21-10-7-19(8-11-21)23(31-14-13-18-5-3-4-6-22(18)31)16-28-26(32)27(33)29-20-9-12-24-25(15-20)35-17-34-24/h3-12,15,23H,13-14,16-17H2,1-2H3,(H,28,32)(H,29,33). The number of amides is 2. The Balaban J connectivity index is 1.31. The van der Waals surface area contributed by atoms with Gasteiger partial charge in [-0.2, -0.15) is 0 Å². The van der Waals surface area contributed by atoms with E-state index in [1.807, 2.05) is 31.1 Å². The van der Waals surface area contributed by atoms with Crippen molar-refractivity contribution in [3.8, 4) is 11.5 Å². The number of hydrogen-bond donors (Lipinski definition) is 2. The number of carbonyl (C=O) groups excluding carboxylic acids is 2. The molecule has 0 saturated heterocycles. The SMILES string of the molecule is CN(C)c1ccc(C(CNC(=O)C(=O)Nc2ccc3c(c2)OCO3)N2CCc3ccccc32)cc1. The van der Waals surface area contributed by atoms with Crippen molar-refractivity contribution in [2.24, 2.45) is 0 Å². The minimum atomic E-state index is -0.729. The number of para-hydroxylation sites is 1. The van der Waals surface area contributed by atoms with Crippen LogP contribution < -0.4 is 29.9 Å². The van der Waals surface area contributed by atoms with Crippen molar-refractivity contribution >= 4 is 28.9 Å². The molecule has 3 aromatic carbocycles. The molecule has 2 aliphatic rings. The first-order valence-electron chi connectivity index (χ1n) is 11.6. The van der Waals surface area contributed by atoms with E-state index in [2.05, 4.69) is 51.9 Å². The van der Waals surface area contributed by atoms with E-state index >= 15 is 0 Å². The van der Waals surface area contributed by atoms with Crippen LogP contribution in [0.3, 0.4) is 0 Å². The number of fused-ring (bicyclic) bond motifs is 2. The molecule has 0 fully saturated rings. The van der Waals surface area contributed by atoms with Crippen molar-refractivity contribution in [1.82, 2.24) is 5.32 Å². The zero-order valence-electron chi connectivity index (χ0n) is 19.8. The summed E-state index contributed by atoms with van der Waals surface area (Å²) in [5.74, 6) is -0.268. The van der Waals surface area contributed by atoms with E-state index in [-0.39, 0.29) is 12.8 Å². The molecule has 2 amide bonds. The third kappa shape index (κ3) is 4.73. The lowest BCUT2D eigenvalue weighted by atomic mass is 10.0. The van der Waals surface area contributed by atoms with Gasteiger partial charge in [0, 0.05) is 50.3 Å². The van der Waals surface area contributed by atoms with E-state index in [1.54, 1.807) is 18.2 Å². The lowest BCUT2D eigenvalue weighted by Crippen LogP contribution is -2.41. The molecule has 8 nitrogen and oxygen atoms in total. The third-order valence-electron chi connectivity index (χ3n) is 6.39. The van der Waals surface area contributed by atoms with E-state index < -0.39 is 11.8 Å². The maximum atomic E-state index is 12.7. The number of benzene rings is 3. The lowest BCUT2D eigenvalue weighted by molar-refractivity contribution is -0.136. The highest BCUT2D eigenvalue weighted by molar-refractivity contribution is 6.39. The topological polar surface area (TPSA) is 83.1 Å². The second-order valence-corrected chi connectivity index (χ2v) is 8.81. The minimum absolute atomic E-state index is 0.114. The van der Waals surface area contributed by atoms with E-state index in [4.69, 9.17) is 9.47 Å². The van der Waals surface area contributed by atoms with Crippen LogP contribution >= 0.6 is 0 Å². The third-order valence-corrected chi connectivity index (χ3v) is 6.39. The number of rotatable bonds is 6. The molecule has 35 heavy (non-hydrogen) atoms. The number of nitrogens with zero attached hydrogens (tertiary/aromatic N) is 2. The van der Waals surface area contributed by atoms with Crippen molar-refractivity contribution in [3.63, 3.8) is 0 Å². The molecule has 0 spiro atoms. The molecule has 0 aromatic heterocycles. The normalized spacial score (nSPS) is 14.3. The Morgan fingerprint density at radius 1 is 0.971 bits per heavy atom. The van der Waals surface area contributed by atoms with Crippen LogP contribution in [0, 0.1) is 0 Å². The number of ether oxygens (including phenoxy) is 2. The zero-order valence-corrected chi connectivity index (χ0v) is 19.8. The van der Waals surface area contributed by atoms with Crippen LogP contribution in [-0.4, -0.2) is 45.8 Å². The van der Waals surface area contributed by atoms with Gasteiger partial charge < -0.3 is 29.9 Å². The first kappa shape index (κ1) is 22.6. The van der Waals surface area contributed by atoms with E-state index in [9.17, 15) is 9.59 Å². The monoisotopic (exact) mass is 472 g/mol. The van der Waals surface area contributed by atoms with Gasteiger partial charge in [-0.1, -0.05) is 30.3 Å². The molecule has 0 aliphatic carbocycles. The average molecular weight is 473 g/mol. The van der Waals surface area contributed by atoms with Crippen LogP contribution in [0.4, 0.5) is 17.1 Å². The highest BCUT2D eigenvalue weighted by atomic mass is 16.7. The van der Waals surface area contributed by atoms with Gasteiger partial charge in [-0.3, -0.25) is 9.59 Å². The van der Waals surface area contributed by atoms with Crippen LogP contribution in [0.25, 0.3) is 0 Å². The molecule has 5 rings (SSSR count). The summed E-state index contributed by atoms with van der Waals surface area (Å²) >= 11 is 0. The molecular weight excluding hydrogens is 444 g/mol. The van der Waals surface area contributed by atoms with Crippen molar-refractivity contribution in [3.05, 3.63) is 77.9 Å². The van der Waals surface area contributed by atoms with Gasteiger partial charge >= 0.3 is 11.8 Å². The quantitative estimate of drug-likeness (QED) is 0.536. The summed E-state index contributed by atoms with van der Waals surface area (Å²) in [6.45, 7) is 1.28. The fourth-order valence-corrected chi connectivity index (χ4v) is 4.52. The Hall–Kier alpha value is -4.20. The predicted molar refractivity (Wildman–Crippen MR) is 135 cm³/mol. The Morgan fingerprint density at radius 2 is 1.74 bits per heavy atom. The van der Waals surface area contributed by atoms with Gasteiger partial charge in [-0.15, -0.1) is 0 Å². The van der Waals surface area contributed by atoms with Crippen LogP contribution in [0.1, 0.15) is 17.2 Å². The largest absolute Gasteiger partial charge is 0.454 e. The Morgan fingerprint density at radius 3 is 2.54 bits per heavy atom. The van der Waals surface area contributed by atoms with Gasteiger partial charge in [0.15, 0.2) is 11.5 Å². The zero-order chi connectivity index (χ0) is 24.4. The Bertz CT molecular complexity index is 1240. The lowest BCUT2D eigenvalue weighted by Gasteiger charge is -2.31. The fraction of sp³-hybridized carbons (Fsp3) is 0.259. The van der Waals surface area contributed by atoms with Crippen LogP contribution in [0.2, 0.25) is 0 Å². The second-order valence-electron chi connectivity index (χ2n) is 8.81. The van der Waals surface area contributed by atoms with E-state index in [0.29, 0.717) is 23.7 Å². The molecule has 8 heteroatoms. The summed E-state index contributed by atoms with van der Waals surface area (Å²) in [4.78, 5) is 29.7. The molecule has 1 unspecified atom stereocenters. The highest BCUT2D eigenvalue weighted by Gasteiger charge is 2.28. The Labute approximate surface area is 204 Å². The molecule has 2 aliphatic heterocycles. The summed E-state index contributed by atoms with van der Waals surface area (Å²) in [6.07, 6.45) is 0.945. The number of carbonyl (C=O) groups is 2. The molecule has 0 saturated carbocycles. The minimum Gasteiger partial charge on any atom is -0.454 e. The Kier molecular flexibility index (Phi) is 6.18.